The van der Waals surface area contributed by atoms with Gasteiger partial charge in [-0.2, -0.15) is 5.10 Å². The van der Waals surface area contributed by atoms with E-state index in [1.165, 1.54) is 12.8 Å². The minimum absolute atomic E-state index is 0.00664. The molecule has 5 heteroatoms. The molecule has 2 rings (SSSR count). The molecule has 118 valence electrons. The van der Waals surface area contributed by atoms with Gasteiger partial charge in [0, 0.05) is 18.7 Å². The number of nitrogens with zero attached hydrogens (tertiary/aromatic N) is 2. The summed E-state index contributed by atoms with van der Waals surface area (Å²) in [6.07, 6.45) is 6.21. The Balaban J connectivity index is 1.81. The Morgan fingerprint density at radius 2 is 2.05 bits per heavy atom. The molecule has 2 N–H and O–H groups in total. The van der Waals surface area contributed by atoms with Crippen molar-refractivity contribution in [3.8, 4) is 0 Å². The molecule has 0 spiro atoms. The van der Waals surface area contributed by atoms with Crippen LogP contribution in [0.5, 0.6) is 0 Å². The quantitative estimate of drug-likeness (QED) is 0.893. The van der Waals surface area contributed by atoms with E-state index in [9.17, 15) is 9.90 Å². The van der Waals surface area contributed by atoms with E-state index >= 15 is 0 Å². The highest BCUT2D eigenvalue weighted by atomic mass is 16.3. The lowest BCUT2D eigenvalue weighted by atomic mass is 9.94. The van der Waals surface area contributed by atoms with Gasteiger partial charge in [0.05, 0.1) is 17.8 Å². The van der Waals surface area contributed by atoms with Gasteiger partial charge in [-0.3, -0.25) is 9.48 Å². The van der Waals surface area contributed by atoms with Crippen LogP contribution in [0.25, 0.3) is 0 Å². The standard InChI is InChI=1S/C16H27N3O2/c1-12-11-13(2)19(18-12)10-9-16(21)17-14-7-5-3-4-6-8-15(14)20/h11,14-15,20H,3-10H2,1-2H3,(H,17,21)/t14-,15-/m0/s1. The highest BCUT2D eigenvalue weighted by Gasteiger charge is 2.22. The van der Waals surface area contributed by atoms with Crippen molar-refractivity contribution < 1.29 is 9.90 Å². The van der Waals surface area contributed by atoms with Crippen molar-refractivity contribution in [2.24, 2.45) is 0 Å². The van der Waals surface area contributed by atoms with Crippen LogP contribution in [0.3, 0.4) is 0 Å². The number of carbonyl (C=O) groups excluding carboxylic acids is 1. The number of aryl methyl sites for hydroxylation is 3. The molecule has 0 saturated heterocycles. The van der Waals surface area contributed by atoms with Gasteiger partial charge in [0.2, 0.25) is 5.91 Å². The number of aliphatic hydroxyl groups is 1. The molecule has 2 atom stereocenters. The molecular formula is C16H27N3O2. The van der Waals surface area contributed by atoms with Crippen LogP contribution >= 0.6 is 0 Å². The van der Waals surface area contributed by atoms with E-state index in [1.54, 1.807) is 0 Å². The molecule has 1 aliphatic carbocycles. The minimum Gasteiger partial charge on any atom is -0.391 e. The maximum absolute atomic E-state index is 12.1. The Bertz CT molecular complexity index is 470. The van der Waals surface area contributed by atoms with Crippen molar-refractivity contribution in [2.45, 2.75) is 77.5 Å². The number of carbonyl (C=O) groups is 1. The van der Waals surface area contributed by atoms with E-state index in [0.29, 0.717) is 13.0 Å². The second-order valence-corrected chi connectivity index (χ2v) is 6.13. The first-order chi connectivity index (χ1) is 10.1. The summed E-state index contributed by atoms with van der Waals surface area (Å²) in [5, 5.41) is 17.5. The molecule has 1 aromatic rings. The van der Waals surface area contributed by atoms with E-state index in [0.717, 1.165) is 37.1 Å². The van der Waals surface area contributed by atoms with Crippen LogP contribution in [0.15, 0.2) is 6.07 Å². The number of aromatic nitrogens is 2. The molecule has 1 amide bonds. The SMILES string of the molecule is Cc1cc(C)n(CCC(=O)N[C@H]2CCCCCC[C@@H]2O)n1. The Morgan fingerprint density at radius 1 is 1.33 bits per heavy atom. The lowest BCUT2D eigenvalue weighted by Gasteiger charge is -2.26. The van der Waals surface area contributed by atoms with Gasteiger partial charge in [-0.05, 0) is 32.8 Å². The number of nitrogens with one attached hydrogen (secondary N) is 1. The average Bonchev–Trinajstić information content (AvgIpc) is 2.74. The summed E-state index contributed by atoms with van der Waals surface area (Å²) in [6.45, 7) is 4.54. The van der Waals surface area contributed by atoms with Gasteiger partial charge < -0.3 is 10.4 Å². The van der Waals surface area contributed by atoms with Gasteiger partial charge in [-0.15, -0.1) is 0 Å². The lowest BCUT2D eigenvalue weighted by molar-refractivity contribution is -0.123. The topological polar surface area (TPSA) is 67.2 Å². The maximum Gasteiger partial charge on any atom is 0.222 e. The molecule has 21 heavy (non-hydrogen) atoms. The second kappa shape index (κ2) is 7.59. The summed E-state index contributed by atoms with van der Waals surface area (Å²) >= 11 is 0. The number of aliphatic hydroxyl groups excluding tert-OH is 1. The van der Waals surface area contributed by atoms with Crippen molar-refractivity contribution >= 4 is 5.91 Å². The first-order valence-corrected chi connectivity index (χ1v) is 8.05. The van der Waals surface area contributed by atoms with Crippen LogP contribution in [0.2, 0.25) is 0 Å². The summed E-state index contributed by atoms with van der Waals surface area (Å²) in [7, 11) is 0. The van der Waals surface area contributed by atoms with Gasteiger partial charge in [0.1, 0.15) is 0 Å². The van der Waals surface area contributed by atoms with Gasteiger partial charge in [-0.1, -0.05) is 25.7 Å². The summed E-state index contributed by atoms with van der Waals surface area (Å²) in [5.41, 5.74) is 2.05. The van der Waals surface area contributed by atoms with E-state index in [4.69, 9.17) is 0 Å². The second-order valence-electron chi connectivity index (χ2n) is 6.13. The van der Waals surface area contributed by atoms with Gasteiger partial charge in [-0.25, -0.2) is 0 Å². The molecule has 1 aromatic heterocycles. The zero-order valence-corrected chi connectivity index (χ0v) is 13.1. The van der Waals surface area contributed by atoms with E-state index in [1.807, 2.05) is 24.6 Å². The molecule has 1 fully saturated rings. The van der Waals surface area contributed by atoms with Gasteiger partial charge >= 0.3 is 0 Å². The smallest absolute Gasteiger partial charge is 0.222 e. The van der Waals surface area contributed by atoms with E-state index in [-0.39, 0.29) is 11.9 Å². The third-order valence-electron chi connectivity index (χ3n) is 4.23. The molecule has 0 unspecified atom stereocenters. The van der Waals surface area contributed by atoms with Crippen LogP contribution in [-0.2, 0) is 11.3 Å². The Labute approximate surface area is 126 Å². The van der Waals surface area contributed by atoms with Gasteiger partial charge in [0.25, 0.3) is 0 Å². The molecule has 1 aliphatic rings. The van der Waals surface area contributed by atoms with E-state index < -0.39 is 6.10 Å². The molecular weight excluding hydrogens is 266 g/mol. The van der Waals surface area contributed by atoms with Crippen LogP contribution in [-0.4, -0.2) is 32.9 Å². The molecule has 0 radical (unpaired) electrons. The normalized spacial score (nSPS) is 23.4. The predicted octanol–water partition coefficient (Wildman–Crippen LogP) is 2.09. The third-order valence-corrected chi connectivity index (χ3v) is 4.23. The maximum atomic E-state index is 12.1. The van der Waals surface area contributed by atoms with Crippen LogP contribution in [0.1, 0.15) is 56.3 Å². The van der Waals surface area contributed by atoms with Crippen molar-refractivity contribution in [1.82, 2.24) is 15.1 Å². The monoisotopic (exact) mass is 293 g/mol. The first-order valence-electron chi connectivity index (χ1n) is 8.05. The number of hydrogen-bond acceptors (Lipinski definition) is 3. The van der Waals surface area contributed by atoms with Crippen molar-refractivity contribution in [2.75, 3.05) is 0 Å². The zero-order chi connectivity index (χ0) is 15.2. The van der Waals surface area contributed by atoms with Gasteiger partial charge in [0.15, 0.2) is 0 Å². The minimum atomic E-state index is -0.400. The average molecular weight is 293 g/mol. The molecule has 0 aromatic carbocycles. The van der Waals surface area contributed by atoms with Crippen molar-refractivity contribution in [3.05, 3.63) is 17.5 Å². The molecule has 1 saturated carbocycles. The first kappa shape index (κ1) is 16.0. The highest BCUT2D eigenvalue weighted by Crippen LogP contribution is 2.18. The molecule has 0 bridgehead atoms. The molecule has 0 aliphatic heterocycles. The van der Waals surface area contributed by atoms with Crippen molar-refractivity contribution in [3.63, 3.8) is 0 Å². The zero-order valence-electron chi connectivity index (χ0n) is 13.1. The number of hydrogen-bond donors (Lipinski definition) is 2. The van der Waals surface area contributed by atoms with Crippen LogP contribution in [0, 0.1) is 13.8 Å². The molecule has 5 nitrogen and oxygen atoms in total. The van der Waals surface area contributed by atoms with E-state index in [2.05, 4.69) is 10.4 Å². The summed E-state index contributed by atoms with van der Waals surface area (Å²) in [4.78, 5) is 12.1. The Hall–Kier alpha value is -1.36. The van der Waals surface area contributed by atoms with Crippen LogP contribution in [0.4, 0.5) is 0 Å². The van der Waals surface area contributed by atoms with Crippen molar-refractivity contribution in [1.29, 1.82) is 0 Å². The summed E-state index contributed by atoms with van der Waals surface area (Å²) < 4.78 is 1.86. The fourth-order valence-electron chi connectivity index (χ4n) is 3.02. The fraction of sp³-hybridized carbons (Fsp3) is 0.750. The lowest BCUT2D eigenvalue weighted by Crippen LogP contribution is -2.44. The molecule has 1 heterocycles. The third kappa shape index (κ3) is 4.84. The summed E-state index contributed by atoms with van der Waals surface area (Å²) in [6, 6.07) is 1.93. The van der Waals surface area contributed by atoms with Crippen LogP contribution < -0.4 is 5.32 Å². The number of rotatable bonds is 4. The fourth-order valence-corrected chi connectivity index (χ4v) is 3.02. The highest BCUT2D eigenvalue weighted by molar-refractivity contribution is 5.76. The Morgan fingerprint density at radius 3 is 2.71 bits per heavy atom. The number of amides is 1. The summed E-state index contributed by atoms with van der Waals surface area (Å²) in [5.74, 6) is 0.00664. The Kier molecular flexibility index (Phi) is 5.79. The predicted molar refractivity (Wildman–Crippen MR) is 82.0 cm³/mol. The largest absolute Gasteiger partial charge is 0.391 e.